The standard InChI is InChI=1S/C13H28N2S/c1-5-8-15(11(2)3)13(10-14)7-6-9-16-12(13)4/h11-12H,5-10,14H2,1-4H3. The maximum Gasteiger partial charge on any atom is 0.0450 e. The summed E-state index contributed by atoms with van der Waals surface area (Å²) >= 11 is 2.10. The Labute approximate surface area is 105 Å². The minimum Gasteiger partial charge on any atom is -0.329 e. The SMILES string of the molecule is CCCN(C(C)C)C1(CN)CCCSC1C. The fourth-order valence-corrected chi connectivity index (χ4v) is 4.32. The zero-order valence-corrected chi connectivity index (χ0v) is 12.1. The second kappa shape index (κ2) is 6.27. The molecule has 2 nitrogen and oxygen atoms in total. The highest BCUT2D eigenvalue weighted by Gasteiger charge is 2.43. The van der Waals surface area contributed by atoms with Crippen LogP contribution >= 0.6 is 11.8 Å². The lowest BCUT2D eigenvalue weighted by Crippen LogP contribution is -2.63. The quantitative estimate of drug-likeness (QED) is 0.806. The second-order valence-corrected chi connectivity index (χ2v) is 6.66. The van der Waals surface area contributed by atoms with Gasteiger partial charge in [0, 0.05) is 23.4 Å². The fourth-order valence-electron chi connectivity index (χ4n) is 3.00. The molecule has 16 heavy (non-hydrogen) atoms. The van der Waals surface area contributed by atoms with Gasteiger partial charge in [0.1, 0.15) is 0 Å². The van der Waals surface area contributed by atoms with Crippen LogP contribution in [0.1, 0.15) is 47.0 Å². The molecular weight excluding hydrogens is 216 g/mol. The molecule has 2 unspecified atom stereocenters. The predicted molar refractivity (Wildman–Crippen MR) is 75.1 cm³/mol. The average Bonchev–Trinajstić information content (AvgIpc) is 2.27. The molecule has 0 spiro atoms. The Kier molecular flexibility index (Phi) is 5.62. The van der Waals surface area contributed by atoms with Crippen LogP contribution in [0.3, 0.4) is 0 Å². The van der Waals surface area contributed by atoms with Gasteiger partial charge in [0.2, 0.25) is 0 Å². The number of nitrogens with zero attached hydrogens (tertiary/aromatic N) is 1. The Hall–Kier alpha value is 0.270. The normalized spacial score (nSPS) is 31.3. The summed E-state index contributed by atoms with van der Waals surface area (Å²) in [5.74, 6) is 1.31. The van der Waals surface area contributed by atoms with E-state index in [4.69, 9.17) is 5.73 Å². The minimum absolute atomic E-state index is 0.243. The molecule has 0 amide bonds. The first-order chi connectivity index (χ1) is 7.58. The smallest absolute Gasteiger partial charge is 0.0450 e. The predicted octanol–water partition coefficient (Wildman–Crippen LogP) is 2.72. The van der Waals surface area contributed by atoms with E-state index in [0.717, 1.165) is 6.54 Å². The van der Waals surface area contributed by atoms with E-state index in [1.807, 2.05) is 0 Å². The Morgan fingerprint density at radius 1 is 1.50 bits per heavy atom. The summed E-state index contributed by atoms with van der Waals surface area (Å²) in [6.45, 7) is 11.2. The third-order valence-corrected chi connectivity index (χ3v) is 5.36. The van der Waals surface area contributed by atoms with E-state index in [1.165, 1.54) is 31.6 Å². The summed E-state index contributed by atoms with van der Waals surface area (Å²) in [6, 6.07) is 0.602. The van der Waals surface area contributed by atoms with Crippen molar-refractivity contribution in [3.05, 3.63) is 0 Å². The largest absolute Gasteiger partial charge is 0.329 e. The number of nitrogens with two attached hydrogens (primary N) is 1. The molecule has 1 aliphatic rings. The van der Waals surface area contributed by atoms with E-state index in [2.05, 4.69) is 44.4 Å². The van der Waals surface area contributed by atoms with Crippen molar-refractivity contribution in [1.82, 2.24) is 4.90 Å². The van der Waals surface area contributed by atoms with E-state index >= 15 is 0 Å². The van der Waals surface area contributed by atoms with Crippen LogP contribution in [-0.4, -0.2) is 40.6 Å². The van der Waals surface area contributed by atoms with E-state index in [9.17, 15) is 0 Å². The van der Waals surface area contributed by atoms with Gasteiger partial charge in [-0.15, -0.1) is 0 Å². The lowest BCUT2D eigenvalue weighted by molar-refractivity contribution is 0.0514. The first kappa shape index (κ1) is 14.3. The first-order valence-corrected chi connectivity index (χ1v) is 7.71. The highest BCUT2D eigenvalue weighted by Crippen LogP contribution is 2.38. The van der Waals surface area contributed by atoms with Crippen LogP contribution in [0.2, 0.25) is 0 Å². The summed E-state index contributed by atoms with van der Waals surface area (Å²) in [5.41, 5.74) is 6.39. The van der Waals surface area contributed by atoms with Gasteiger partial charge in [0.05, 0.1) is 0 Å². The second-order valence-electron chi connectivity index (χ2n) is 5.21. The van der Waals surface area contributed by atoms with Crippen LogP contribution < -0.4 is 5.73 Å². The van der Waals surface area contributed by atoms with Crippen LogP contribution in [0.15, 0.2) is 0 Å². The molecule has 2 N–H and O–H groups in total. The summed E-state index contributed by atoms with van der Waals surface area (Å²) in [4.78, 5) is 2.66. The molecule has 1 heterocycles. The van der Waals surface area contributed by atoms with Crippen molar-refractivity contribution < 1.29 is 0 Å². The molecule has 0 aliphatic carbocycles. The van der Waals surface area contributed by atoms with E-state index < -0.39 is 0 Å². The lowest BCUT2D eigenvalue weighted by Gasteiger charge is -2.51. The van der Waals surface area contributed by atoms with Gasteiger partial charge in [-0.3, -0.25) is 4.90 Å². The summed E-state index contributed by atoms with van der Waals surface area (Å²) in [7, 11) is 0. The van der Waals surface area contributed by atoms with Crippen LogP contribution in [0, 0.1) is 0 Å². The number of hydrogen-bond donors (Lipinski definition) is 1. The van der Waals surface area contributed by atoms with Crippen LogP contribution in [0.4, 0.5) is 0 Å². The van der Waals surface area contributed by atoms with Crippen molar-refractivity contribution in [3.8, 4) is 0 Å². The van der Waals surface area contributed by atoms with Crippen molar-refractivity contribution in [2.45, 2.75) is 63.8 Å². The van der Waals surface area contributed by atoms with Crippen LogP contribution in [-0.2, 0) is 0 Å². The Bertz CT molecular complexity index is 208. The number of hydrogen-bond acceptors (Lipinski definition) is 3. The summed E-state index contributed by atoms with van der Waals surface area (Å²) < 4.78 is 0. The molecular formula is C13H28N2S. The maximum atomic E-state index is 6.14. The fraction of sp³-hybridized carbons (Fsp3) is 1.00. The zero-order valence-electron chi connectivity index (χ0n) is 11.3. The Morgan fingerprint density at radius 2 is 2.19 bits per heavy atom. The molecule has 0 aromatic rings. The summed E-state index contributed by atoms with van der Waals surface area (Å²) in [6.07, 6.45) is 3.81. The molecule has 1 fully saturated rings. The van der Waals surface area contributed by atoms with E-state index in [1.54, 1.807) is 0 Å². The lowest BCUT2D eigenvalue weighted by atomic mass is 9.86. The Morgan fingerprint density at radius 3 is 2.62 bits per heavy atom. The highest BCUT2D eigenvalue weighted by atomic mass is 32.2. The minimum atomic E-state index is 0.243. The van der Waals surface area contributed by atoms with Gasteiger partial charge in [-0.25, -0.2) is 0 Å². The Balaban J connectivity index is 2.89. The van der Waals surface area contributed by atoms with Crippen LogP contribution in [0.25, 0.3) is 0 Å². The number of thioether (sulfide) groups is 1. The third-order valence-electron chi connectivity index (χ3n) is 3.89. The van der Waals surface area contributed by atoms with Crippen molar-refractivity contribution in [2.75, 3.05) is 18.8 Å². The molecule has 0 saturated carbocycles. The van der Waals surface area contributed by atoms with Crippen molar-refractivity contribution in [3.63, 3.8) is 0 Å². The monoisotopic (exact) mass is 244 g/mol. The molecule has 0 aromatic heterocycles. The molecule has 0 radical (unpaired) electrons. The molecule has 1 aliphatic heterocycles. The molecule has 2 atom stereocenters. The zero-order chi connectivity index (χ0) is 12.2. The van der Waals surface area contributed by atoms with Crippen molar-refractivity contribution in [2.24, 2.45) is 5.73 Å². The molecule has 1 rings (SSSR count). The molecule has 3 heteroatoms. The van der Waals surface area contributed by atoms with E-state index in [0.29, 0.717) is 11.3 Å². The van der Waals surface area contributed by atoms with Crippen LogP contribution in [0.5, 0.6) is 0 Å². The first-order valence-electron chi connectivity index (χ1n) is 6.67. The van der Waals surface area contributed by atoms with Gasteiger partial charge in [-0.2, -0.15) is 11.8 Å². The number of rotatable bonds is 5. The van der Waals surface area contributed by atoms with Gasteiger partial charge >= 0.3 is 0 Å². The highest BCUT2D eigenvalue weighted by molar-refractivity contribution is 8.00. The van der Waals surface area contributed by atoms with Gasteiger partial charge in [-0.05, 0) is 45.4 Å². The van der Waals surface area contributed by atoms with Gasteiger partial charge < -0.3 is 5.73 Å². The molecule has 0 aromatic carbocycles. The maximum absolute atomic E-state index is 6.14. The summed E-state index contributed by atoms with van der Waals surface area (Å²) in [5, 5.41) is 0.667. The van der Waals surface area contributed by atoms with Gasteiger partial charge in [0.25, 0.3) is 0 Å². The molecule has 1 saturated heterocycles. The molecule has 96 valence electrons. The van der Waals surface area contributed by atoms with Gasteiger partial charge in [-0.1, -0.05) is 13.8 Å². The van der Waals surface area contributed by atoms with Crippen molar-refractivity contribution >= 4 is 11.8 Å². The average molecular weight is 244 g/mol. The van der Waals surface area contributed by atoms with Gasteiger partial charge in [0.15, 0.2) is 0 Å². The van der Waals surface area contributed by atoms with E-state index in [-0.39, 0.29) is 5.54 Å². The topological polar surface area (TPSA) is 29.3 Å². The van der Waals surface area contributed by atoms with Crippen molar-refractivity contribution in [1.29, 1.82) is 0 Å². The molecule has 0 bridgehead atoms. The third kappa shape index (κ3) is 2.74.